The fourth-order valence-electron chi connectivity index (χ4n) is 2.17. The van der Waals surface area contributed by atoms with E-state index >= 15 is 0 Å². The number of hydrogen-bond acceptors (Lipinski definition) is 3. The zero-order valence-electron chi connectivity index (χ0n) is 13.1. The normalized spacial score (nSPS) is 10.6. The van der Waals surface area contributed by atoms with E-state index in [1.54, 1.807) is 12.1 Å². The van der Waals surface area contributed by atoms with Gasteiger partial charge in [-0.2, -0.15) is 0 Å². The molecule has 0 aliphatic rings. The summed E-state index contributed by atoms with van der Waals surface area (Å²) in [6.45, 7) is 3.84. The van der Waals surface area contributed by atoms with Crippen LogP contribution in [0.3, 0.4) is 0 Å². The van der Waals surface area contributed by atoms with Crippen molar-refractivity contribution in [2.75, 3.05) is 20.2 Å². The smallest absolute Gasteiger partial charge is 0.323 e. The van der Waals surface area contributed by atoms with Crippen LogP contribution in [0.2, 0.25) is 0 Å². The molecule has 6 heteroatoms. The molecule has 22 heavy (non-hydrogen) atoms. The third-order valence-electron chi connectivity index (χ3n) is 3.14. The highest BCUT2D eigenvalue weighted by Crippen LogP contribution is 2.21. The number of rotatable bonds is 8. The first-order chi connectivity index (χ1) is 10.3. The van der Waals surface area contributed by atoms with Crippen LogP contribution in [0.4, 0.5) is 4.39 Å². The predicted octanol–water partition coefficient (Wildman–Crippen LogP) is 2.34. The number of halogens is 1. The number of hydrogen-bond donors (Lipinski definition) is 1. The Bertz CT molecular complexity index is 531. The van der Waals surface area contributed by atoms with Crippen molar-refractivity contribution in [3.05, 3.63) is 29.6 Å². The molecule has 0 aliphatic carbocycles. The fraction of sp³-hybridized carbons (Fsp3) is 0.500. The number of carbonyl (C=O) groups is 2. The largest absolute Gasteiger partial charge is 0.494 e. The summed E-state index contributed by atoms with van der Waals surface area (Å²) in [7, 11) is 1.38. The Balaban J connectivity index is 2.72. The number of ether oxygens (including phenoxy) is 1. The van der Waals surface area contributed by atoms with Crippen molar-refractivity contribution in [3.8, 4) is 5.75 Å². The molecule has 0 bridgehead atoms. The third-order valence-corrected chi connectivity index (χ3v) is 3.14. The lowest BCUT2D eigenvalue weighted by Crippen LogP contribution is -2.38. The lowest BCUT2D eigenvalue weighted by atomic mass is 10.1. The molecule has 1 rings (SSSR count). The topological polar surface area (TPSA) is 66.8 Å². The van der Waals surface area contributed by atoms with Gasteiger partial charge in [-0.25, -0.2) is 4.39 Å². The molecule has 0 saturated heterocycles. The molecule has 1 aromatic carbocycles. The predicted molar refractivity (Wildman–Crippen MR) is 80.3 cm³/mol. The maximum Gasteiger partial charge on any atom is 0.323 e. The molecule has 0 heterocycles. The van der Waals surface area contributed by atoms with Gasteiger partial charge in [0.25, 0.3) is 0 Å². The van der Waals surface area contributed by atoms with Gasteiger partial charge in [0, 0.05) is 13.0 Å². The first-order valence-corrected chi connectivity index (χ1v) is 7.16. The van der Waals surface area contributed by atoms with E-state index in [0.717, 1.165) is 0 Å². The molecule has 1 amide bonds. The Morgan fingerprint density at radius 3 is 2.59 bits per heavy atom. The zero-order valence-corrected chi connectivity index (χ0v) is 13.1. The summed E-state index contributed by atoms with van der Waals surface area (Å²) in [6.07, 6.45) is 0.264. The number of carboxylic acids is 1. The Kier molecular flexibility index (Phi) is 6.82. The number of carboxylic acid groups (broad SMARTS) is 1. The Morgan fingerprint density at radius 1 is 1.36 bits per heavy atom. The second-order valence-corrected chi connectivity index (χ2v) is 5.50. The number of methoxy groups -OCH3 is 1. The molecule has 5 nitrogen and oxygen atoms in total. The van der Waals surface area contributed by atoms with Crippen molar-refractivity contribution in [3.63, 3.8) is 0 Å². The van der Waals surface area contributed by atoms with Gasteiger partial charge in [0.2, 0.25) is 5.91 Å². The molecule has 122 valence electrons. The highest BCUT2D eigenvalue weighted by molar-refractivity contribution is 5.81. The molecule has 1 aromatic rings. The van der Waals surface area contributed by atoms with Gasteiger partial charge in [-0.1, -0.05) is 26.0 Å². The lowest BCUT2D eigenvalue weighted by Gasteiger charge is -2.22. The van der Waals surface area contributed by atoms with Gasteiger partial charge in [-0.15, -0.1) is 0 Å². The minimum absolute atomic E-state index is 0.0596. The number of aryl methyl sites for hydroxylation is 1. The average Bonchev–Trinajstić information content (AvgIpc) is 2.44. The van der Waals surface area contributed by atoms with Crippen LogP contribution < -0.4 is 4.74 Å². The molecule has 0 saturated carbocycles. The fourth-order valence-corrected chi connectivity index (χ4v) is 2.17. The van der Waals surface area contributed by atoms with Crippen molar-refractivity contribution in [1.29, 1.82) is 0 Å². The van der Waals surface area contributed by atoms with Crippen LogP contribution in [0, 0.1) is 11.7 Å². The van der Waals surface area contributed by atoms with Crippen LogP contribution in [-0.4, -0.2) is 42.1 Å². The van der Waals surface area contributed by atoms with Crippen LogP contribution in [0.15, 0.2) is 18.2 Å². The van der Waals surface area contributed by atoms with E-state index in [2.05, 4.69) is 0 Å². The van der Waals surface area contributed by atoms with Crippen molar-refractivity contribution >= 4 is 11.9 Å². The van der Waals surface area contributed by atoms with E-state index in [1.807, 2.05) is 13.8 Å². The van der Waals surface area contributed by atoms with Crippen molar-refractivity contribution in [2.24, 2.45) is 5.92 Å². The van der Waals surface area contributed by atoms with Crippen LogP contribution in [-0.2, 0) is 16.0 Å². The van der Waals surface area contributed by atoms with Crippen molar-refractivity contribution < 1.29 is 23.8 Å². The van der Waals surface area contributed by atoms with Gasteiger partial charge in [-0.05, 0) is 24.0 Å². The molecule has 0 unspecified atom stereocenters. The molecule has 0 spiro atoms. The highest BCUT2D eigenvalue weighted by Gasteiger charge is 2.18. The number of amides is 1. The molecule has 0 fully saturated rings. The Labute approximate surface area is 129 Å². The monoisotopic (exact) mass is 311 g/mol. The van der Waals surface area contributed by atoms with E-state index < -0.39 is 11.8 Å². The molecule has 0 aromatic heterocycles. The van der Waals surface area contributed by atoms with Gasteiger partial charge in [0.15, 0.2) is 11.6 Å². The summed E-state index contributed by atoms with van der Waals surface area (Å²) in [4.78, 5) is 24.3. The molecule has 1 N–H and O–H groups in total. The summed E-state index contributed by atoms with van der Waals surface area (Å²) < 4.78 is 18.9. The van der Waals surface area contributed by atoms with Gasteiger partial charge in [0.1, 0.15) is 6.54 Å². The molecule has 0 aliphatic heterocycles. The number of benzene rings is 1. The van der Waals surface area contributed by atoms with E-state index in [4.69, 9.17) is 9.84 Å². The minimum Gasteiger partial charge on any atom is -0.494 e. The van der Waals surface area contributed by atoms with Crippen molar-refractivity contribution in [1.82, 2.24) is 4.90 Å². The van der Waals surface area contributed by atoms with E-state index in [9.17, 15) is 14.0 Å². The quantitative estimate of drug-likeness (QED) is 0.800. The first kappa shape index (κ1) is 17.9. The Morgan fingerprint density at radius 2 is 2.05 bits per heavy atom. The van der Waals surface area contributed by atoms with Gasteiger partial charge < -0.3 is 14.7 Å². The van der Waals surface area contributed by atoms with Crippen LogP contribution in [0.1, 0.15) is 25.8 Å². The summed E-state index contributed by atoms with van der Waals surface area (Å²) in [6, 6.07) is 4.76. The third kappa shape index (κ3) is 5.35. The maximum absolute atomic E-state index is 14.0. The summed E-state index contributed by atoms with van der Waals surface area (Å²) in [5.74, 6) is -1.53. The first-order valence-electron chi connectivity index (χ1n) is 7.16. The molecule has 0 radical (unpaired) electrons. The SMILES string of the molecule is COc1cccc(CCC(=O)N(CC(=O)O)CC(C)C)c1F. The molecular weight excluding hydrogens is 289 g/mol. The number of carbonyl (C=O) groups excluding carboxylic acids is 1. The lowest BCUT2D eigenvalue weighted by molar-refractivity contribution is -0.144. The van der Waals surface area contributed by atoms with Gasteiger partial charge in [-0.3, -0.25) is 9.59 Å². The number of nitrogens with zero attached hydrogens (tertiary/aromatic N) is 1. The van der Waals surface area contributed by atoms with E-state index in [-0.39, 0.29) is 37.0 Å². The standard InChI is InChI=1S/C16H22FNO4/c1-11(2)9-18(10-15(20)21)14(19)8-7-12-5-4-6-13(22-3)16(12)17/h4-6,11H,7-10H2,1-3H3,(H,20,21). The highest BCUT2D eigenvalue weighted by atomic mass is 19.1. The number of aliphatic carboxylic acids is 1. The maximum atomic E-state index is 14.0. The van der Waals surface area contributed by atoms with Crippen LogP contribution >= 0.6 is 0 Å². The van der Waals surface area contributed by atoms with Crippen molar-refractivity contribution in [2.45, 2.75) is 26.7 Å². The summed E-state index contributed by atoms with van der Waals surface area (Å²) in [5.41, 5.74) is 0.382. The second-order valence-electron chi connectivity index (χ2n) is 5.50. The zero-order chi connectivity index (χ0) is 16.7. The average molecular weight is 311 g/mol. The van der Waals surface area contributed by atoms with E-state index in [1.165, 1.54) is 18.1 Å². The molecular formula is C16H22FNO4. The second kappa shape index (κ2) is 8.36. The van der Waals surface area contributed by atoms with Crippen LogP contribution in [0.25, 0.3) is 0 Å². The molecule has 0 atom stereocenters. The van der Waals surface area contributed by atoms with Gasteiger partial charge >= 0.3 is 5.97 Å². The summed E-state index contributed by atoms with van der Waals surface area (Å²) in [5, 5.41) is 8.87. The van der Waals surface area contributed by atoms with E-state index in [0.29, 0.717) is 12.1 Å². The summed E-state index contributed by atoms with van der Waals surface area (Å²) >= 11 is 0. The van der Waals surface area contributed by atoms with Crippen LogP contribution in [0.5, 0.6) is 5.75 Å². The van der Waals surface area contributed by atoms with Gasteiger partial charge in [0.05, 0.1) is 7.11 Å². The Hall–Kier alpha value is -2.11. The minimum atomic E-state index is -1.05.